The molecule has 4 nitrogen and oxygen atoms in total. The molecule has 2 aromatic carbocycles. The summed E-state index contributed by atoms with van der Waals surface area (Å²) < 4.78 is 14.1. The number of Topliss-reactive ketones (excluding diaryl/α,β-unsaturated/α-hetero) is 1. The van der Waals surface area contributed by atoms with Gasteiger partial charge in [-0.3, -0.25) is 9.78 Å². The van der Waals surface area contributed by atoms with Crippen molar-refractivity contribution in [3.63, 3.8) is 0 Å². The van der Waals surface area contributed by atoms with Crippen molar-refractivity contribution in [3.8, 4) is 11.1 Å². The van der Waals surface area contributed by atoms with Crippen LogP contribution in [-0.2, 0) is 6.42 Å². The second kappa shape index (κ2) is 9.35. The van der Waals surface area contributed by atoms with Gasteiger partial charge in [-0.2, -0.15) is 0 Å². The fraction of sp³-hybridized carbons (Fsp3) is 0.250. The first-order chi connectivity index (χ1) is 14.9. The van der Waals surface area contributed by atoms with Crippen LogP contribution in [0.15, 0.2) is 54.9 Å². The zero-order chi connectivity index (χ0) is 22.0. The van der Waals surface area contributed by atoms with Gasteiger partial charge in [0.2, 0.25) is 0 Å². The second-order valence-electron chi connectivity index (χ2n) is 7.79. The Hall–Kier alpha value is -2.47. The van der Waals surface area contributed by atoms with Crippen LogP contribution in [-0.4, -0.2) is 29.9 Å². The topological polar surface area (TPSA) is 59.2 Å². The van der Waals surface area contributed by atoms with Crippen molar-refractivity contribution < 1.29 is 9.18 Å². The Morgan fingerprint density at radius 1 is 1.10 bits per heavy atom. The van der Waals surface area contributed by atoms with Crippen molar-refractivity contribution in [1.29, 1.82) is 0 Å². The van der Waals surface area contributed by atoms with Crippen LogP contribution in [0.3, 0.4) is 0 Å². The lowest BCUT2D eigenvalue weighted by molar-refractivity contribution is 0.0993. The fourth-order valence-corrected chi connectivity index (χ4v) is 4.39. The van der Waals surface area contributed by atoms with E-state index in [4.69, 9.17) is 28.9 Å². The molecular weight excluding hydrogens is 436 g/mol. The molecule has 0 atom stereocenters. The summed E-state index contributed by atoms with van der Waals surface area (Å²) in [6.45, 7) is 1.50. The van der Waals surface area contributed by atoms with Crippen molar-refractivity contribution in [2.24, 2.45) is 5.73 Å². The molecule has 2 heterocycles. The second-order valence-corrected chi connectivity index (χ2v) is 8.66. The van der Waals surface area contributed by atoms with E-state index >= 15 is 0 Å². The Morgan fingerprint density at radius 3 is 2.58 bits per heavy atom. The molecule has 1 fully saturated rings. The number of nitrogens with zero attached hydrogens (tertiary/aromatic N) is 2. The van der Waals surface area contributed by atoms with Gasteiger partial charge in [0.1, 0.15) is 5.82 Å². The highest BCUT2D eigenvalue weighted by Crippen LogP contribution is 2.37. The van der Waals surface area contributed by atoms with Crippen molar-refractivity contribution in [3.05, 3.63) is 81.8 Å². The maximum Gasteiger partial charge on any atom is 0.167 e. The summed E-state index contributed by atoms with van der Waals surface area (Å²) in [4.78, 5) is 19.6. The number of halogens is 3. The van der Waals surface area contributed by atoms with E-state index in [0.717, 1.165) is 42.7 Å². The zero-order valence-corrected chi connectivity index (χ0v) is 18.3. The predicted octanol–water partition coefficient (Wildman–Crippen LogP) is 5.55. The normalized spacial score (nSPS) is 14.6. The minimum absolute atomic E-state index is 0.0614. The summed E-state index contributed by atoms with van der Waals surface area (Å²) in [6, 6.07) is 11.5. The van der Waals surface area contributed by atoms with Gasteiger partial charge in [0.15, 0.2) is 5.78 Å². The highest BCUT2D eigenvalue weighted by atomic mass is 35.5. The summed E-state index contributed by atoms with van der Waals surface area (Å²) in [5, 5.41) is 0.819. The molecule has 1 aromatic heterocycles. The van der Waals surface area contributed by atoms with E-state index in [9.17, 15) is 9.18 Å². The molecule has 3 aromatic rings. The lowest BCUT2D eigenvalue weighted by Crippen LogP contribution is -2.40. The molecule has 1 saturated heterocycles. The van der Waals surface area contributed by atoms with Crippen LogP contribution in [0.5, 0.6) is 0 Å². The molecule has 0 radical (unpaired) electrons. The first-order valence-corrected chi connectivity index (χ1v) is 10.9. The molecular formula is C24H22Cl2FN3O. The summed E-state index contributed by atoms with van der Waals surface area (Å²) in [5.41, 5.74) is 9.66. The van der Waals surface area contributed by atoms with Crippen LogP contribution in [0.25, 0.3) is 11.1 Å². The number of ketones is 1. The van der Waals surface area contributed by atoms with Gasteiger partial charge in [-0.1, -0.05) is 35.3 Å². The third-order valence-electron chi connectivity index (χ3n) is 5.52. The summed E-state index contributed by atoms with van der Waals surface area (Å²) >= 11 is 12.2. The van der Waals surface area contributed by atoms with Gasteiger partial charge in [0, 0.05) is 64.7 Å². The molecule has 4 rings (SSSR count). The van der Waals surface area contributed by atoms with Crippen LogP contribution in [0.1, 0.15) is 28.8 Å². The first kappa shape index (κ1) is 21.8. The lowest BCUT2D eigenvalue weighted by Gasteiger charge is -2.34. The van der Waals surface area contributed by atoms with Gasteiger partial charge in [0.25, 0.3) is 0 Å². The Kier molecular flexibility index (Phi) is 6.56. The molecule has 2 N–H and O–H groups in total. The van der Waals surface area contributed by atoms with Crippen LogP contribution >= 0.6 is 23.2 Å². The smallest absolute Gasteiger partial charge is 0.167 e. The monoisotopic (exact) mass is 457 g/mol. The molecule has 1 aliphatic heterocycles. The van der Waals surface area contributed by atoms with Crippen LogP contribution in [0.4, 0.5) is 10.1 Å². The zero-order valence-electron chi connectivity index (χ0n) is 16.8. The van der Waals surface area contributed by atoms with Crippen molar-refractivity contribution >= 4 is 34.7 Å². The third-order valence-corrected chi connectivity index (χ3v) is 5.97. The Labute approximate surface area is 190 Å². The van der Waals surface area contributed by atoms with E-state index in [1.54, 1.807) is 42.7 Å². The molecule has 31 heavy (non-hydrogen) atoms. The Bertz CT molecular complexity index is 1090. The summed E-state index contributed by atoms with van der Waals surface area (Å²) in [6.07, 6.45) is 5.24. The highest BCUT2D eigenvalue weighted by Gasteiger charge is 2.24. The number of hydrogen-bond donors (Lipinski definition) is 1. The molecule has 160 valence electrons. The Balaban J connectivity index is 1.78. The van der Waals surface area contributed by atoms with Crippen molar-refractivity contribution in [1.82, 2.24) is 4.98 Å². The number of anilines is 1. The SMILES string of the molecule is NC1CCN(c2c(CC(=O)c3cccc(Cl)c3)cncc2-c2cc(F)cc(Cl)c2)CC1. The number of rotatable bonds is 5. The number of hydrogen-bond acceptors (Lipinski definition) is 4. The van der Waals surface area contributed by atoms with Gasteiger partial charge in [-0.25, -0.2) is 4.39 Å². The first-order valence-electron chi connectivity index (χ1n) is 10.1. The van der Waals surface area contributed by atoms with Crippen LogP contribution in [0, 0.1) is 5.82 Å². The minimum atomic E-state index is -0.422. The van der Waals surface area contributed by atoms with Crippen LogP contribution in [0.2, 0.25) is 10.0 Å². The van der Waals surface area contributed by atoms with Crippen molar-refractivity contribution in [2.75, 3.05) is 18.0 Å². The van der Waals surface area contributed by atoms with Gasteiger partial charge >= 0.3 is 0 Å². The predicted molar refractivity (Wildman–Crippen MR) is 124 cm³/mol. The standard InChI is InChI=1S/C24H22Cl2FN3O/c25-18-3-1-2-15(8-18)23(31)11-17-13-29-14-22(16-9-19(26)12-20(27)10-16)24(17)30-6-4-21(28)5-7-30/h1-3,8-10,12-14,21H,4-7,11,28H2. The summed E-state index contributed by atoms with van der Waals surface area (Å²) in [5.74, 6) is -0.483. The van der Waals surface area contributed by atoms with Gasteiger partial charge in [0.05, 0.1) is 5.69 Å². The molecule has 0 amide bonds. The number of carbonyl (C=O) groups excluding carboxylic acids is 1. The van der Waals surface area contributed by atoms with Crippen LogP contribution < -0.4 is 10.6 Å². The molecule has 0 unspecified atom stereocenters. The largest absolute Gasteiger partial charge is 0.371 e. The molecule has 7 heteroatoms. The number of benzene rings is 2. The molecule has 0 spiro atoms. The van der Waals surface area contributed by atoms with Gasteiger partial charge in [-0.15, -0.1) is 0 Å². The van der Waals surface area contributed by atoms with Gasteiger partial charge < -0.3 is 10.6 Å². The molecule has 0 aliphatic carbocycles. The molecule has 1 aliphatic rings. The minimum Gasteiger partial charge on any atom is -0.371 e. The van der Waals surface area contributed by atoms with E-state index in [1.807, 2.05) is 0 Å². The molecule has 0 bridgehead atoms. The van der Waals surface area contributed by atoms with Crippen molar-refractivity contribution in [2.45, 2.75) is 25.3 Å². The quantitative estimate of drug-likeness (QED) is 0.510. The Morgan fingerprint density at radius 2 is 1.87 bits per heavy atom. The van der Waals surface area contributed by atoms with E-state index < -0.39 is 5.82 Å². The number of piperidine rings is 1. The maximum absolute atomic E-state index is 14.1. The maximum atomic E-state index is 14.1. The highest BCUT2D eigenvalue weighted by molar-refractivity contribution is 6.31. The van der Waals surface area contributed by atoms with Gasteiger partial charge in [-0.05, 0) is 48.7 Å². The average molecular weight is 458 g/mol. The average Bonchev–Trinajstić information content (AvgIpc) is 2.73. The van der Waals surface area contributed by atoms with E-state index in [1.165, 1.54) is 12.1 Å². The molecule has 0 saturated carbocycles. The lowest BCUT2D eigenvalue weighted by atomic mass is 9.95. The fourth-order valence-electron chi connectivity index (χ4n) is 3.98. The summed E-state index contributed by atoms with van der Waals surface area (Å²) in [7, 11) is 0. The third kappa shape index (κ3) is 5.06. The number of aromatic nitrogens is 1. The number of pyridine rings is 1. The number of nitrogens with two attached hydrogens (primary N) is 1. The van der Waals surface area contributed by atoms with E-state index in [2.05, 4.69) is 9.88 Å². The number of carbonyl (C=O) groups is 1. The van der Waals surface area contributed by atoms with E-state index in [0.29, 0.717) is 21.2 Å². The van der Waals surface area contributed by atoms with E-state index in [-0.39, 0.29) is 18.2 Å².